The zero-order valence-electron chi connectivity index (χ0n) is 14.9. The quantitative estimate of drug-likeness (QED) is 0.880. The molecule has 136 valence electrons. The Hall–Kier alpha value is -2.20. The van der Waals surface area contributed by atoms with Gasteiger partial charge in [0.05, 0.1) is 5.92 Å². The van der Waals surface area contributed by atoms with Crippen LogP contribution in [0.2, 0.25) is 0 Å². The van der Waals surface area contributed by atoms with E-state index in [0.29, 0.717) is 12.1 Å². The molecule has 0 radical (unpaired) electrons. The molecule has 1 saturated carbocycles. The summed E-state index contributed by atoms with van der Waals surface area (Å²) in [6.07, 6.45) is 4.11. The molecular formula is C22H25FN2O. The Morgan fingerprint density at radius 1 is 1.00 bits per heavy atom. The zero-order chi connectivity index (χ0) is 17.9. The highest BCUT2D eigenvalue weighted by Crippen LogP contribution is 2.35. The summed E-state index contributed by atoms with van der Waals surface area (Å²) in [4.78, 5) is 14.9. The van der Waals surface area contributed by atoms with Crippen molar-refractivity contribution in [2.45, 2.75) is 44.3 Å². The summed E-state index contributed by atoms with van der Waals surface area (Å²) in [6.45, 7) is 1.47. The lowest BCUT2D eigenvalue weighted by atomic mass is 9.88. The molecule has 0 aromatic heterocycles. The van der Waals surface area contributed by atoms with Gasteiger partial charge >= 0.3 is 0 Å². The van der Waals surface area contributed by atoms with Crippen LogP contribution in [-0.2, 0) is 11.3 Å². The third kappa shape index (κ3) is 4.13. The van der Waals surface area contributed by atoms with Crippen LogP contribution in [0.5, 0.6) is 0 Å². The van der Waals surface area contributed by atoms with Gasteiger partial charge in [-0.2, -0.15) is 0 Å². The minimum absolute atomic E-state index is 0.0380. The molecule has 1 aliphatic carbocycles. The summed E-state index contributed by atoms with van der Waals surface area (Å²) < 4.78 is 13.2. The summed E-state index contributed by atoms with van der Waals surface area (Å²) in [6, 6.07) is 17.9. The van der Waals surface area contributed by atoms with Crippen LogP contribution < -0.4 is 5.32 Å². The minimum Gasteiger partial charge on any atom is -0.353 e. The summed E-state index contributed by atoms with van der Waals surface area (Å²) in [5, 5.41) is 3.15. The first-order valence-electron chi connectivity index (χ1n) is 9.53. The lowest BCUT2D eigenvalue weighted by Crippen LogP contribution is -2.44. The molecule has 4 heteroatoms. The Labute approximate surface area is 154 Å². The highest BCUT2D eigenvalue weighted by Gasteiger charge is 2.34. The van der Waals surface area contributed by atoms with Crippen LogP contribution in [0, 0.1) is 11.7 Å². The summed E-state index contributed by atoms with van der Waals surface area (Å²) in [5.41, 5.74) is 2.37. The topological polar surface area (TPSA) is 32.3 Å². The summed E-state index contributed by atoms with van der Waals surface area (Å²) >= 11 is 0. The molecule has 1 saturated heterocycles. The molecule has 2 aromatic rings. The average molecular weight is 352 g/mol. The average Bonchev–Trinajstić information content (AvgIpc) is 3.48. The fourth-order valence-electron chi connectivity index (χ4n) is 3.86. The lowest BCUT2D eigenvalue weighted by Gasteiger charge is -2.39. The Bertz CT molecular complexity index is 742. The number of hydrogen-bond donors (Lipinski definition) is 1. The molecule has 2 aliphatic rings. The molecule has 2 aromatic carbocycles. The molecule has 2 atom stereocenters. The number of likely N-dealkylation sites (tertiary alicyclic amines) is 1. The molecule has 1 N–H and O–H groups in total. The van der Waals surface area contributed by atoms with E-state index in [2.05, 4.69) is 34.5 Å². The van der Waals surface area contributed by atoms with Gasteiger partial charge in [-0.1, -0.05) is 42.5 Å². The van der Waals surface area contributed by atoms with Crippen molar-refractivity contribution < 1.29 is 9.18 Å². The van der Waals surface area contributed by atoms with Gasteiger partial charge in [-0.3, -0.25) is 9.69 Å². The van der Waals surface area contributed by atoms with E-state index < -0.39 is 0 Å². The molecule has 4 rings (SSSR count). The first-order valence-corrected chi connectivity index (χ1v) is 9.53. The number of piperidine rings is 1. The highest BCUT2D eigenvalue weighted by atomic mass is 19.1. The molecule has 26 heavy (non-hydrogen) atoms. The Balaban J connectivity index is 1.52. The number of hydrogen-bond acceptors (Lipinski definition) is 2. The van der Waals surface area contributed by atoms with Crippen molar-refractivity contribution in [2.24, 2.45) is 5.92 Å². The summed E-state index contributed by atoms with van der Waals surface area (Å²) in [7, 11) is 0. The molecule has 3 nitrogen and oxygen atoms in total. The van der Waals surface area contributed by atoms with Crippen molar-refractivity contribution in [1.82, 2.24) is 10.2 Å². The van der Waals surface area contributed by atoms with E-state index in [4.69, 9.17) is 0 Å². The number of nitrogens with zero attached hydrogens (tertiary/aromatic N) is 1. The molecular weight excluding hydrogens is 327 g/mol. The van der Waals surface area contributed by atoms with E-state index in [9.17, 15) is 9.18 Å². The second-order valence-electron chi connectivity index (χ2n) is 7.54. The molecule has 1 amide bonds. The maximum absolute atomic E-state index is 13.2. The zero-order valence-corrected chi connectivity index (χ0v) is 14.9. The van der Waals surface area contributed by atoms with Gasteiger partial charge in [-0.15, -0.1) is 0 Å². The smallest absolute Gasteiger partial charge is 0.224 e. The molecule has 1 heterocycles. The highest BCUT2D eigenvalue weighted by molar-refractivity contribution is 5.79. The van der Waals surface area contributed by atoms with Gasteiger partial charge in [-0.25, -0.2) is 4.39 Å². The van der Waals surface area contributed by atoms with E-state index in [0.717, 1.165) is 44.3 Å². The van der Waals surface area contributed by atoms with Crippen LogP contribution >= 0.6 is 0 Å². The van der Waals surface area contributed by atoms with Gasteiger partial charge in [-0.05, 0) is 48.9 Å². The van der Waals surface area contributed by atoms with E-state index in [1.807, 2.05) is 18.2 Å². The maximum Gasteiger partial charge on any atom is 0.224 e. The fourth-order valence-corrected chi connectivity index (χ4v) is 3.86. The lowest BCUT2D eigenvalue weighted by molar-refractivity contribution is -0.127. The number of benzene rings is 2. The first-order chi connectivity index (χ1) is 12.7. The second-order valence-corrected chi connectivity index (χ2v) is 7.54. The van der Waals surface area contributed by atoms with Crippen LogP contribution in [-0.4, -0.2) is 23.4 Å². The van der Waals surface area contributed by atoms with Crippen molar-refractivity contribution >= 4 is 5.91 Å². The molecule has 0 unspecified atom stereocenters. The maximum atomic E-state index is 13.2. The van der Waals surface area contributed by atoms with Gasteiger partial charge in [0.15, 0.2) is 0 Å². The van der Waals surface area contributed by atoms with Gasteiger partial charge < -0.3 is 5.32 Å². The van der Waals surface area contributed by atoms with Crippen LogP contribution in [0.15, 0.2) is 54.6 Å². The Morgan fingerprint density at radius 2 is 1.73 bits per heavy atom. The molecule has 0 spiro atoms. The first kappa shape index (κ1) is 17.2. The monoisotopic (exact) mass is 352 g/mol. The van der Waals surface area contributed by atoms with Gasteiger partial charge in [0.1, 0.15) is 5.82 Å². The van der Waals surface area contributed by atoms with Crippen molar-refractivity contribution in [3.63, 3.8) is 0 Å². The predicted molar refractivity (Wildman–Crippen MR) is 99.9 cm³/mol. The van der Waals surface area contributed by atoms with Crippen LogP contribution in [0.3, 0.4) is 0 Å². The van der Waals surface area contributed by atoms with Crippen LogP contribution in [0.1, 0.15) is 42.9 Å². The SMILES string of the molecule is O=C(NC1CC1)[C@@H]1CC[C@H](c2ccccc2)N(Cc2ccc(F)cc2)C1. The van der Waals surface area contributed by atoms with Gasteiger partial charge in [0.25, 0.3) is 0 Å². The molecule has 1 aliphatic heterocycles. The summed E-state index contributed by atoms with van der Waals surface area (Å²) in [5.74, 6) is 0.0211. The number of halogens is 1. The second kappa shape index (κ2) is 7.58. The van der Waals surface area contributed by atoms with Crippen LogP contribution in [0.4, 0.5) is 4.39 Å². The number of rotatable bonds is 5. The van der Waals surface area contributed by atoms with Gasteiger partial charge in [0, 0.05) is 25.2 Å². The third-order valence-corrected chi connectivity index (χ3v) is 5.46. The van der Waals surface area contributed by atoms with Crippen LogP contribution in [0.25, 0.3) is 0 Å². The third-order valence-electron chi connectivity index (χ3n) is 5.46. The number of amides is 1. The standard InChI is InChI=1S/C22H25FN2O/c23-19-9-6-16(7-10-19)14-25-15-18(22(26)24-20-11-12-20)8-13-21(25)17-4-2-1-3-5-17/h1-7,9-10,18,20-21H,8,11-15H2,(H,24,26)/t18-,21-/m1/s1. The van der Waals surface area contributed by atoms with Crippen molar-refractivity contribution in [3.8, 4) is 0 Å². The number of carbonyl (C=O) groups excluding carboxylic acids is 1. The predicted octanol–water partition coefficient (Wildman–Crippen LogP) is 4.06. The van der Waals surface area contributed by atoms with Crippen molar-refractivity contribution in [1.29, 1.82) is 0 Å². The fraction of sp³-hybridized carbons (Fsp3) is 0.409. The van der Waals surface area contributed by atoms with E-state index in [1.165, 1.54) is 17.7 Å². The minimum atomic E-state index is -0.214. The Morgan fingerprint density at radius 3 is 2.42 bits per heavy atom. The van der Waals surface area contributed by atoms with E-state index >= 15 is 0 Å². The van der Waals surface area contributed by atoms with Gasteiger partial charge in [0.2, 0.25) is 5.91 Å². The van der Waals surface area contributed by atoms with E-state index in [1.54, 1.807) is 0 Å². The molecule has 0 bridgehead atoms. The normalized spacial score (nSPS) is 23.6. The number of carbonyl (C=O) groups is 1. The van der Waals surface area contributed by atoms with Crippen molar-refractivity contribution in [3.05, 3.63) is 71.5 Å². The van der Waals surface area contributed by atoms with E-state index in [-0.39, 0.29) is 17.6 Å². The molecule has 2 fully saturated rings. The number of nitrogens with one attached hydrogen (secondary N) is 1. The van der Waals surface area contributed by atoms with Crippen molar-refractivity contribution in [2.75, 3.05) is 6.54 Å². The largest absolute Gasteiger partial charge is 0.353 e. The Kier molecular flexibility index (Phi) is 5.02.